The van der Waals surface area contributed by atoms with Gasteiger partial charge in [0.05, 0.1) is 43.2 Å². The molecule has 3 amide bonds. The molecule has 0 saturated carbocycles. The molecule has 10 nitrogen and oxygen atoms in total. The number of methoxy groups -OCH3 is 1. The monoisotopic (exact) mass is 694 g/mol. The van der Waals surface area contributed by atoms with E-state index in [-0.39, 0.29) is 36.6 Å². The highest BCUT2D eigenvalue weighted by Crippen LogP contribution is 2.38. The van der Waals surface area contributed by atoms with Gasteiger partial charge in [-0.25, -0.2) is 4.79 Å². The van der Waals surface area contributed by atoms with Crippen LogP contribution in [0.2, 0.25) is 0 Å². The maximum Gasteiger partial charge on any atom is 0.335 e. The van der Waals surface area contributed by atoms with Gasteiger partial charge in [-0.15, -0.1) is 12.4 Å². The number of para-hydroxylation sites is 2. The fraction of sp³-hybridized carbons (Fsp3) is 0.212. The molecule has 0 saturated heterocycles. The van der Waals surface area contributed by atoms with Crippen molar-refractivity contribution in [2.75, 3.05) is 30.5 Å². The van der Waals surface area contributed by atoms with Crippen LogP contribution < -0.4 is 25.2 Å². The minimum atomic E-state index is -1.11. The zero-order valence-electron chi connectivity index (χ0n) is 24.7. The molecular formula is C33H32BrClN4O6. The number of aromatic carboxylic acids is 1. The van der Waals surface area contributed by atoms with Gasteiger partial charge in [-0.1, -0.05) is 40.2 Å². The summed E-state index contributed by atoms with van der Waals surface area (Å²) in [6, 6.07) is 20.6. The third-order valence-electron chi connectivity index (χ3n) is 7.75. The van der Waals surface area contributed by atoms with Crippen molar-refractivity contribution in [3.63, 3.8) is 0 Å². The van der Waals surface area contributed by atoms with E-state index in [1.54, 1.807) is 50.2 Å². The van der Waals surface area contributed by atoms with Crippen molar-refractivity contribution in [3.05, 3.63) is 100 Å². The van der Waals surface area contributed by atoms with Gasteiger partial charge in [-0.2, -0.15) is 0 Å². The molecule has 2 unspecified atom stereocenters. The van der Waals surface area contributed by atoms with Crippen LogP contribution in [0.1, 0.15) is 33.2 Å². The van der Waals surface area contributed by atoms with Crippen LogP contribution in [0.4, 0.5) is 11.4 Å². The first-order valence-corrected chi connectivity index (χ1v) is 14.7. The molecule has 45 heavy (non-hydrogen) atoms. The van der Waals surface area contributed by atoms with Crippen molar-refractivity contribution >= 4 is 74.2 Å². The van der Waals surface area contributed by atoms with Gasteiger partial charge in [0.25, 0.3) is 11.8 Å². The standard InChI is InChI=1S/C33H31BrN4O6.ClH/c1-19(35-2)30(39)36-26-18-38(31(40)20-8-10-21(11-9-20)33(42)43)28-7-5-4-6-27(28)37(32(26)41)17-25-24-14-13-23(34)16-22(24)12-15-29(25)44-3;/h4-16,19,26,35H,17-18H2,1-3H3,(H,36,39)(H,42,43);1H. The summed E-state index contributed by atoms with van der Waals surface area (Å²) >= 11 is 3.52. The number of carboxylic acid groups (broad SMARTS) is 1. The van der Waals surface area contributed by atoms with Gasteiger partial charge in [0.1, 0.15) is 11.8 Å². The number of carbonyl (C=O) groups excluding carboxylic acids is 3. The van der Waals surface area contributed by atoms with Crippen molar-refractivity contribution in [1.82, 2.24) is 10.6 Å². The number of hydrogen-bond donors (Lipinski definition) is 3. The molecule has 0 spiro atoms. The first-order valence-electron chi connectivity index (χ1n) is 13.9. The zero-order valence-corrected chi connectivity index (χ0v) is 27.1. The number of rotatable bonds is 8. The number of benzene rings is 4. The van der Waals surface area contributed by atoms with E-state index in [4.69, 9.17) is 4.74 Å². The van der Waals surface area contributed by atoms with E-state index in [2.05, 4.69) is 26.6 Å². The largest absolute Gasteiger partial charge is 0.496 e. The first-order chi connectivity index (χ1) is 21.1. The number of ether oxygens (including phenoxy) is 1. The van der Waals surface area contributed by atoms with E-state index in [1.165, 1.54) is 29.2 Å². The molecule has 0 bridgehead atoms. The van der Waals surface area contributed by atoms with E-state index in [1.807, 2.05) is 30.3 Å². The van der Waals surface area contributed by atoms with Crippen LogP contribution in [-0.4, -0.2) is 61.6 Å². The highest BCUT2D eigenvalue weighted by molar-refractivity contribution is 9.10. The smallest absolute Gasteiger partial charge is 0.335 e. The summed E-state index contributed by atoms with van der Waals surface area (Å²) in [5, 5.41) is 16.9. The summed E-state index contributed by atoms with van der Waals surface area (Å²) < 4.78 is 6.63. The molecule has 0 radical (unpaired) electrons. The molecule has 5 rings (SSSR count). The van der Waals surface area contributed by atoms with E-state index in [0.29, 0.717) is 17.1 Å². The lowest BCUT2D eigenvalue weighted by molar-refractivity contribution is -0.128. The summed E-state index contributed by atoms with van der Waals surface area (Å²) in [6.45, 7) is 1.63. The Bertz CT molecular complexity index is 1770. The topological polar surface area (TPSA) is 128 Å². The quantitative estimate of drug-likeness (QED) is 0.236. The lowest BCUT2D eigenvalue weighted by Crippen LogP contribution is -2.55. The zero-order chi connectivity index (χ0) is 31.5. The van der Waals surface area contributed by atoms with Gasteiger partial charge in [0.2, 0.25) is 5.91 Å². The minimum Gasteiger partial charge on any atom is -0.496 e. The number of nitrogens with zero attached hydrogens (tertiary/aromatic N) is 2. The summed E-state index contributed by atoms with van der Waals surface area (Å²) in [6.07, 6.45) is 0. The Morgan fingerprint density at radius 1 is 1.00 bits per heavy atom. The molecule has 3 N–H and O–H groups in total. The Kier molecular flexibility index (Phi) is 10.5. The Hall–Kier alpha value is -4.45. The maximum absolute atomic E-state index is 14.4. The van der Waals surface area contributed by atoms with Crippen molar-refractivity contribution in [2.45, 2.75) is 25.6 Å². The van der Waals surface area contributed by atoms with E-state index < -0.39 is 35.8 Å². The number of anilines is 2. The molecule has 1 aliphatic rings. The fourth-order valence-corrected chi connectivity index (χ4v) is 5.62. The van der Waals surface area contributed by atoms with E-state index in [9.17, 15) is 24.3 Å². The summed E-state index contributed by atoms with van der Waals surface area (Å²) in [7, 11) is 3.21. The van der Waals surface area contributed by atoms with Crippen molar-refractivity contribution in [1.29, 1.82) is 0 Å². The molecule has 4 aromatic rings. The third-order valence-corrected chi connectivity index (χ3v) is 8.24. The molecule has 0 fully saturated rings. The minimum absolute atomic E-state index is 0. The number of likely N-dealkylation sites (N-methyl/N-ethyl adjacent to an activating group) is 1. The molecule has 12 heteroatoms. The number of nitrogens with one attached hydrogen (secondary N) is 2. The first kappa shape index (κ1) is 33.4. The van der Waals surface area contributed by atoms with Crippen LogP contribution in [0.25, 0.3) is 10.8 Å². The van der Waals surface area contributed by atoms with Crippen LogP contribution >= 0.6 is 28.3 Å². The molecule has 0 aromatic heterocycles. The second-order valence-corrected chi connectivity index (χ2v) is 11.3. The molecule has 1 aliphatic heterocycles. The van der Waals surface area contributed by atoms with Gasteiger partial charge in [-0.3, -0.25) is 14.4 Å². The summed E-state index contributed by atoms with van der Waals surface area (Å²) in [5.74, 6) is -1.77. The second-order valence-electron chi connectivity index (χ2n) is 10.4. The number of amides is 3. The van der Waals surface area contributed by atoms with Crippen LogP contribution in [0.5, 0.6) is 5.75 Å². The number of carboxylic acids is 1. The third kappa shape index (κ3) is 6.80. The van der Waals surface area contributed by atoms with Crippen molar-refractivity contribution in [3.8, 4) is 5.75 Å². The molecule has 2 atom stereocenters. The fourth-order valence-electron chi connectivity index (χ4n) is 5.25. The summed E-state index contributed by atoms with van der Waals surface area (Å²) in [4.78, 5) is 55.9. The number of halogens is 2. The van der Waals surface area contributed by atoms with Gasteiger partial charge < -0.3 is 30.3 Å². The Labute approximate surface area is 274 Å². The van der Waals surface area contributed by atoms with Crippen LogP contribution in [0, 0.1) is 0 Å². The lowest BCUT2D eigenvalue weighted by atomic mass is 10.0. The highest BCUT2D eigenvalue weighted by atomic mass is 79.9. The van der Waals surface area contributed by atoms with Gasteiger partial charge in [0, 0.05) is 15.6 Å². The Morgan fingerprint density at radius 3 is 2.31 bits per heavy atom. The molecule has 1 heterocycles. The second kappa shape index (κ2) is 14.1. The average Bonchev–Trinajstić information content (AvgIpc) is 3.14. The Morgan fingerprint density at radius 2 is 1.67 bits per heavy atom. The normalized spacial score (nSPS) is 15.0. The van der Waals surface area contributed by atoms with Gasteiger partial charge in [-0.05, 0) is 79.3 Å². The molecule has 4 aromatic carbocycles. The molecule has 0 aliphatic carbocycles. The van der Waals surface area contributed by atoms with Gasteiger partial charge in [0.15, 0.2) is 0 Å². The van der Waals surface area contributed by atoms with Crippen LogP contribution in [-0.2, 0) is 16.1 Å². The predicted molar refractivity (Wildman–Crippen MR) is 179 cm³/mol. The molecule has 234 valence electrons. The van der Waals surface area contributed by atoms with E-state index >= 15 is 0 Å². The number of carbonyl (C=O) groups is 4. The molecular weight excluding hydrogens is 664 g/mol. The van der Waals surface area contributed by atoms with Crippen molar-refractivity contribution in [2.24, 2.45) is 0 Å². The SMILES string of the molecule is CNC(C)C(=O)NC1CN(C(=O)c2ccc(C(=O)O)cc2)c2ccccc2N(Cc2c(OC)ccc3cc(Br)ccc23)C1=O.Cl. The van der Waals surface area contributed by atoms with Crippen LogP contribution in [0.15, 0.2) is 83.3 Å². The van der Waals surface area contributed by atoms with Gasteiger partial charge >= 0.3 is 5.97 Å². The van der Waals surface area contributed by atoms with Crippen LogP contribution in [0.3, 0.4) is 0 Å². The average molecular weight is 696 g/mol. The van der Waals surface area contributed by atoms with E-state index in [0.717, 1.165) is 20.8 Å². The lowest BCUT2D eigenvalue weighted by Gasteiger charge is -2.27. The maximum atomic E-state index is 14.4. The Balaban J connectivity index is 0.00000461. The van der Waals surface area contributed by atoms with Crippen molar-refractivity contribution < 1.29 is 29.0 Å². The number of hydrogen-bond acceptors (Lipinski definition) is 6. The predicted octanol–water partition coefficient (Wildman–Crippen LogP) is 5.02. The summed E-state index contributed by atoms with van der Waals surface area (Å²) in [5.41, 5.74) is 1.98. The highest BCUT2D eigenvalue weighted by Gasteiger charge is 2.38. The number of fused-ring (bicyclic) bond motifs is 2.